The van der Waals surface area contributed by atoms with Crippen molar-refractivity contribution < 1.29 is 26.4 Å². The van der Waals surface area contributed by atoms with E-state index in [1.165, 1.54) is 15.6 Å². The Morgan fingerprint density at radius 1 is 1.20 bits per heavy atom. The minimum absolute atomic E-state index is 0.0629. The van der Waals surface area contributed by atoms with Gasteiger partial charge < -0.3 is 5.32 Å². The van der Waals surface area contributed by atoms with Gasteiger partial charge in [-0.1, -0.05) is 30.7 Å². The van der Waals surface area contributed by atoms with Gasteiger partial charge in [-0.3, -0.25) is 14.2 Å². The molecule has 0 saturated heterocycles. The zero-order valence-electron chi connectivity index (χ0n) is 18.2. The van der Waals surface area contributed by atoms with Crippen LogP contribution >= 0.6 is 11.6 Å². The fourth-order valence-corrected chi connectivity index (χ4v) is 4.34. The molecule has 4 rings (SSSR count). The summed E-state index contributed by atoms with van der Waals surface area (Å²) in [5.74, 6) is 0.0125. The van der Waals surface area contributed by atoms with Crippen molar-refractivity contribution in [2.75, 3.05) is 18.1 Å². The Morgan fingerprint density at radius 3 is 2.51 bits per heavy atom. The number of hydrogen-bond donors (Lipinski definition) is 1. The van der Waals surface area contributed by atoms with Gasteiger partial charge >= 0.3 is 15.5 Å². The number of amides is 1. The van der Waals surface area contributed by atoms with Crippen molar-refractivity contribution in [2.24, 2.45) is 5.10 Å². The summed E-state index contributed by atoms with van der Waals surface area (Å²) in [4.78, 5) is 21.4. The molecule has 0 atom stereocenters. The maximum atomic E-state index is 12.9. The number of halogens is 4. The second-order valence-corrected chi connectivity index (χ2v) is 9.79. The number of nitrogens with one attached hydrogen (secondary N) is 1. The first-order valence-corrected chi connectivity index (χ1v) is 12.1. The van der Waals surface area contributed by atoms with E-state index in [1.807, 2.05) is 6.92 Å². The van der Waals surface area contributed by atoms with Crippen molar-refractivity contribution in [1.82, 2.24) is 24.0 Å². The number of fused-ring (bicyclic) bond motifs is 1. The Morgan fingerprint density at radius 2 is 1.91 bits per heavy atom. The number of nitrogens with zero attached hydrogens (tertiary/aromatic N) is 6. The molecule has 0 saturated carbocycles. The second kappa shape index (κ2) is 9.34. The van der Waals surface area contributed by atoms with E-state index in [2.05, 4.69) is 20.4 Å². The summed E-state index contributed by atoms with van der Waals surface area (Å²) in [5.41, 5.74) is -3.16. The van der Waals surface area contributed by atoms with E-state index in [1.54, 1.807) is 30.5 Å². The minimum atomic E-state index is -5.47. The molecule has 1 aromatic carbocycles. The zero-order chi connectivity index (χ0) is 25.4. The molecule has 2 aromatic heterocycles. The molecule has 0 radical (unpaired) electrons. The van der Waals surface area contributed by atoms with Crippen molar-refractivity contribution in [3.8, 4) is 0 Å². The summed E-state index contributed by atoms with van der Waals surface area (Å²) < 4.78 is 62.7. The SMILES string of the molecule is CCc1nc2ncc(Cl)cn2c1C(=O)NCc1ccc(N2CCN(S(=O)(=O)C(F)(F)F)C=N2)cc1. The smallest absolute Gasteiger partial charge is 0.347 e. The van der Waals surface area contributed by atoms with Crippen LogP contribution in [0, 0.1) is 0 Å². The number of aromatic nitrogens is 3. The molecule has 0 aliphatic carbocycles. The topological polar surface area (TPSA) is 112 Å². The number of hydrogen-bond acceptors (Lipinski definition) is 7. The van der Waals surface area contributed by atoms with Crippen LogP contribution in [0.1, 0.15) is 28.7 Å². The monoisotopic (exact) mass is 529 g/mol. The molecule has 3 aromatic rings. The number of imidazole rings is 1. The summed E-state index contributed by atoms with van der Waals surface area (Å²) in [6.07, 6.45) is 4.19. The van der Waals surface area contributed by atoms with Gasteiger partial charge in [0.15, 0.2) is 0 Å². The third-order valence-corrected chi connectivity index (χ3v) is 6.89. The normalized spacial score (nSPS) is 14.5. The third kappa shape index (κ3) is 4.89. The first-order chi connectivity index (χ1) is 16.5. The number of hydrazone groups is 1. The highest BCUT2D eigenvalue weighted by molar-refractivity contribution is 7.90. The Hall–Kier alpha value is -3.39. The predicted molar refractivity (Wildman–Crippen MR) is 123 cm³/mol. The highest BCUT2D eigenvalue weighted by atomic mass is 35.5. The van der Waals surface area contributed by atoms with Crippen LogP contribution in [-0.4, -0.2) is 57.9 Å². The maximum Gasteiger partial charge on any atom is 0.516 e. The van der Waals surface area contributed by atoms with Crippen LogP contribution < -0.4 is 10.3 Å². The third-order valence-electron chi connectivity index (χ3n) is 5.21. The maximum absolute atomic E-state index is 12.9. The van der Waals surface area contributed by atoms with E-state index in [0.717, 1.165) is 5.56 Å². The van der Waals surface area contributed by atoms with Gasteiger partial charge in [0.2, 0.25) is 5.78 Å². The van der Waals surface area contributed by atoms with Crippen molar-refractivity contribution in [1.29, 1.82) is 0 Å². The molecule has 0 fully saturated rings. The zero-order valence-corrected chi connectivity index (χ0v) is 19.8. The second-order valence-electron chi connectivity index (χ2n) is 7.47. The molecular weight excluding hydrogens is 511 g/mol. The van der Waals surface area contributed by atoms with Crippen LogP contribution in [0.2, 0.25) is 5.02 Å². The number of aryl methyl sites for hydroxylation is 1. The van der Waals surface area contributed by atoms with Crippen LogP contribution in [0.25, 0.3) is 5.78 Å². The van der Waals surface area contributed by atoms with Crippen LogP contribution in [0.5, 0.6) is 0 Å². The summed E-state index contributed by atoms with van der Waals surface area (Å²) in [7, 11) is -5.47. The van der Waals surface area contributed by atoms with E-state index < -0.39 is 22.1 Å². The van der Waals surface area contributed by atoms with Crippen LogP contribution in [0.3, 0.4) is 0 Å². The van der Waals surface area contributed by atoms with Gasteiger partial charge in [-0.15, -0.1) is 0 Å². The van der Waals surface area contributed by atoms with Gasteiger partial charge in [-0.05, 0) is 24.1 Å². The molecular formula is C20H19ClF3N7O3S. The number of carbonyl (C=O) groups is 1. The van der Waals surface area contributed by atoms with Crippen molar-refractivity contribution in [3.05, 3.63) is 58.6 Å². The highest BCUT2D eigenvalue weighted by Gasteiger charge is 2.50. The lowest BCUT2D eigenvalue weighted by atomic mass is 10.2. The lowest BCUT2D eigenvalue weighted by Gasteiger charge is -2.29. The fourth-order valence-electron chi connectivity index (χ4n) is 3.43. The van der Waals surface area contributed by atoms with Crippen molar-refractivity contribution >= 4 is 45.3 Å². The van der Waals surface area contributed by atoms with E-state index in [9.17, 15) is 26.4 Å². The predicted octanol–water partition coefficient (Wildman–Crippen LogP) is 2.79. The van der Waals surface area contributed by atoms with Crippen LogP contribution in [-0.2, 0) is 23.0 Å². The van der Waals surface area contributed by atoms with Crippen LogP contribution in [0.15, 0.2) is 41.8 Å². The molecule has 1 N–H and O–H groups in total. The molecule has 35 heavy (non-hydrogen) atoms. The van der Waals surface area contributed by atoms with Crippen molar-refractivity contribution in [3.63, 3.8) is 0 Å². The summed E-state index contributed by atoms with van der Waals surface area (Å²) in [6, 6.07) is 6.78. The number of alkyl halides is 3. The molecule has 10 nitrogen and oxygen atoms in total. The van der Waals surface area contributed by atoms with E-state index in [0.29, 0.717) is 40.6 Å². The Labute approximate surface area is 203 Å². The quantitative estimate of drug-likeness (QED) is 0.525. The summed E-state index contributed by atoms with van der Waals surface area (Å²) in [5, 5.41) is 8.39. The average molecular weight is 530 g/mol. The molecule has 0 unspecified atom stereocenters. The lowest BCUT2D eigenvalue weighted by molar-refractivity contribution is -0.0471. The molecule has 15 heteroatoms. The van der Waals surface area contributed by atoms with Gasteiger partial charge in [-0.2, -0.15) is 26.7 Å². The van der Waals surface area contributed by atoms with Gasteiger partial charge in [0.25, 0.3) is 5.91 Å². The van der Waals surface area contributed by atoms with Gasteiger partial charge in [0, 0.05) is 12.7 Å². The lowest BCUT2D eigenvalue weighted by Crippen LogP contribution is -2.46. The Balaban J connectivity index is 1.42. The average Bonchev–Trinajstić information content (AvgIpc) is 3.20. The number of carbonyl (C=O) groups excluding carboxylic acids is 1. The molecule has 0 spiro atoms. The highest BCUT2D eigenvalue weighted by Crippen LogP contribution is 2.27. The number of anilines is 1. The summed E-state index contributed by atoms with van der Waals surface area (Å²) >= 11 is 6.01. The number of benzene rings is 1. The molecule has 1 aliphatic rings. The molecule has 1 amide bonds. The summed E-state index contributed by atoms with van der Waals surface area (Å²) in [6.45, 7) is 1.61. The van der Waals surface area contributed by atoms with Gasteiger partial charge in [-0.25, -0.2) is 14.3 Å². The molecule has 0 bridgehead atoms. The van der Waals surface area contributed by atoms with Gasteiger partial charge in [0.1, 0.15) is 12.0 Å². The number of rotatable bonds is 6. The first kappa shape index (κ1) is 24.7. The Kier molecular flexibility index (Phi) is 6.60. The first-order valence-electron chi connectivity index (χ1n) is 10.3. The molecule has 186 valence electrons. The van der Waals surface area contributed by atoms with Crippen LogP contribution in [0.4, 0.5) is 18.9 Å². The van der Waals surface area contributed by atoms with Gasteiger partial charge in [0.05, 0.1) is 35.7 Å². The van der Waals surface area contributed by atoms with E-state index >= 15 is 0 Å². The standard InChI is InChI=1S/C20H19ClF3N7O3S/c1-2-16-17(30-11-14(21)10-26-19(30)28-16)18(32)25-9-13-3-5-15(6-4-13)31-8-7-29(12-27-31)35(33,34)20(22,23)24/h3-6,10-12H,2,7-9H2,1H3,(H,25,32). The minimum Gasteiger partial charge on any atom is -0.347 e. The number of sulfonamides is 1. The fraction of sp³-hybridized carbons (Fsp3) is 0.300. The Bertz CT molecular complexity index is 1390. The van der Waals surface area contributed by atoms with E-state index in [4.69, 9.17) is 11.6 Å². The van der Waals surface area contributed by atoms with E-state index in [-0.39, 0.29) is 23.3 Å². The van der Waals surface area contributed by atoms with Crippen molar-refractivity contribution in [2.45, 2.75) is 25.4 Å². The molecule has 3 heterocycles. The molecule has 1 aliphatic heterocycles. The largest absolute Gasteiger partial charge is 0.516 e.